The summed E-state index contributed by atoms with van der Waals surface area (Å²) in [5, 5.41) is 0. The first-order valence-corrected chi connectivity index (χ1v) is 11.4. The van der Waals surface area contributed by atoms with Gasteiger partial charge in [0.05, 0.1) is 11.5 Å². The minimum Gasteiger partial charge on any atom is -0.465 e. The Morgan fingerprint density at radius 3 is 2.31 bits per heavy atom. The molecule has 32 heavy (non-hydrogen) atoms. The molecule has 0 bridgehead atoms. The molecule has 3 rings (SSSR count). The molecule has 0 aliphatic carbocycles. The number of esters is 1. The molecule has 0 fully saturated rings. The minimum absolute atomic E-state index is 0.0258. The summed E-state index contributed by atoms with van der Waals surface area (Å²) >= 11 is 0. The average molecular weight is 460 g/mol. The van der Waals surface area contributed by atoms with Crippen LogP contribution in [0.4, 0.5) is 8.78 Å². The van der Waals surface area contributed by atoms with Gasteiger partial charge in [-0.1, -0.05) is 42.0 Å². The second-order valence-corrected chi connectivity index (χ2v) is 9.11. The van der Waals surface area contributed by atoms with Gasteiger partial charge in [0.1, 0.15) is 18.2 Å². The van der Waals surface area contributed by atoms with Gasteiger partial charge in [0, 0.05) is 18.2 Å². The highest BCUT2D eigenvalue weighted by Crippen LogP contribution is 2.29. The highest BCUT2D eigenvalue weighted by Gasteiger charge is 2.28. The number of benzene rings is 3. The zero-order valence-corrected chi connectivity index (χ0v) is 18.5. The largest absolute Gasteiger partial charge is 0.465 e. The van der Waals surface area contributed by atoms with E-state index in [4.69, 9.17) is 4.74 Å². The van der Waals surface area contributed by atoms with Crippen molar-refractivity contribution in [3.05, 3.63) is 89.5 Å². The molecule has 0 heterocycles. The Hall–Kier alpha value is -3.10. The quantitative estimate of drug-likeness (QED) is 0.459. The van der Waals surface area contributed by atoms with Gasteiger partial charge in [-0.3, -0.25) is 4.79 Å². The van der Waals surface area contributed by atoms with Crippen LogP contribution in [-0.2, 0) is 26.1 Å². The van der Waals surface area contributed by atoms with Crippen molar-refractivity contribution in [2.75, 3.05) is 13.2 Å². The molecule has 5 nitrogen and oxygen atoms in total. The molecule has 0 radical (unpaired) electrons. The molecule has 0 saturated carbocycles. The molecule has 0 N–H and O–H groups in total. The standard InChI is InChI=1S/C24H23F2NO4S/c1-3-31-24(28)16-27(32(29,30)20-11-8-17(2)9-12-20)15-18-6-4-5-7-21(18)22-13-10-19(25)14-23(22)26/h4-14H,3,15-16H2,1-2H3. The molecule has 0 unspecified atom stereocenters. The highest BCUT2D eigenvalue weighted by atomic mass is 32.2. The van der Waals surface area contributed by atoms with Gasteiger partial charge < -0.3 is 4.74 Å². The normalized spacial score (nSPS) is 11.5. The van der Waals surface area contributed by atoms with Crippen LogP contribution in [-0.4, -0.2) is 31.8 Å². The van der Waals surface area contributed by atoms with E-state index in [2.05, 4.69) is 0 Å². The number of hydrogen-bond acceptors (Lipinski definition) is 4. The number of hydrogen-bond donors (Lipinski definition) is 0. The van der Waals surface area contributed by atoms with Crippen LogP contribution in [0.1, 0.15) is 18.1 Å². The van der Waals surface area contributed by atoms with Gasteiger partial charge >= 0.3 is 5.97 Å². The summed E-state index contributed by atoms with van der Waals surface area (Å²) in [7, 11) is -4.07. The SMILES string of the molecule is CCOC(=O)CN(Cc1ccccc1-c1ccc(F)cc1F)S(=O)(=O)c1ccc(C)cc1. The van der Waals surface area contributed by atoms with Crippen molar-refractivity contribution >= 4 is 16.0 Å². The lowest BCUT2D eigenvalue weighted by atomic mass is 9.99. The molecule has 3 aromatic rings. The van der Waals surface area contributed by atoms with Crippen molar-refractivity contribution < 1.29 is 26.7 Å². The predicted molar refractivity (Wildman–Crippen MR) is 117 cm³/mol. The number of halogens is 2. The lowest BCUT2D eigenvalue weighted by Crippen LogP contribution is -2.36. The first-order chi connectivity index (χ1) is 15.2. The summed E-state index contributed by atoms with van der Waals surface area (Å²) in [5.74, 6) is -2.18. The molecular weight excluding hydrogens is 436 g/mol. The molecule has 0 saturated heterocycles. The molecule has 168 valence electrons. The minimum atomic E-state index is -4.07. The van der Waals surface area contributed by atoms with E-state index in [9.17, 15) is 22.0 Å². The van der Waals surface area contributed by atoms with Crippen LogP contribution >= 0.6 is 0 Å². The third kappa shape index (κ3) is 5.38. The van der Waals surface area contributed by atoms with Gasteiger partial charge in [-0.15, -0.1) is 0 Å². The summed E-state index contributed by atoms with van der Waals surface area (Å²) in [6.45, 7) is 2.85. The summed E-state index contributed by atoms with van der Waals surface area (Å²) in [5.41, 5.74) is 1.87. The maximum Gasteiger partial charge on any atom is 0.321 e. The van der Waals surface area contributed by atoms with E-state index in [1.54, 1.807) is 43.3 Å². The Labute approximate surface area is 186 Å². The fourth-order valence-corrected chi connectivity index (χ4v) is 4.62. The molecule has 3 aromatic carbocycles. The number of aryl methyl sites for hydroxylation is 1. The molecule has 0 amide bonds. The van der Waals surface area contributed by atoms with Gasteiger partial charge in [0.25, 0.3) is 0 Å². The number of carbonyl (C=O) groups excluding carboxylic acids is 1. The topological polar surface area (TPSA) is 63.7 Å². The van der Waals surface area contributed by atoms with E-state index < -0.39 is 34.2 Å². The van der Waals surface area contributed by atoms with Crippen LogP contribution < -0.4 is 0 Å². The van der Waals surface area contributed by atoms with Gasteiger partial charge in [-0.25, -0.2) is 17.2 Å². The van der Waals surface area contributed by atoms with Crippen LogP contribution in [0.15, 0.2) is 71.6 Å². The molecule has 0 atom stereocenters. The zero-order valence-electron chi connectivity index (χ0n) is 17.7. The highest BCUT2D eigenvalue weighted by molar-refractivity contribution is 7.89. The van der Waals surface area contributed by atoms with Crippen molar-refractivity contribution in [2.45, 2.75) is 25.3 Å². The van der Waals surface area contributed by atoms with Crippen molar-refractivity contribution in [2.24, 2.45) is 0 Å². The van der Waals surface area contributed by atoms with E-state index in [-0.39, 0.29) is 23.6 Å². The fraction of sp³-hybridized carbons (Fsp3) is 0.208. The number of ether oxygens (including phenoxy) is 1. The molecule has 0 spiro atoms. The zero-order chi connectivity index (χ0) is 23.3. The summed E-state index contributed by atoms with van der Waals surface area (Å²) in [4.78, 5) is 12.2. The lowest BCUT2D eigenvalue weighted by molar-refractivity contribution is -0.143. The van der Waals surface area contributed by atoms with Crippen LogP contribution in [0.2, 0.25) is 0 Å². The summed E-state index contributed by atoms with van der Waals surface area (Å²) < 4.78 is 60.5. The summed E-state index contributed by atoms with van der Waals surface area (Å²) in [6.07, 6.45) is 0. The Bertz CT molecular complexity index is 1210. The third-order valence-electron chi connectivity index (χ3n) is 4.85. The first-order valence-electron chi connectivity index (χ1n) is 9.98. The van der Waals surface area contributed by atoms with Crippen LogP contribution in [0.5, 0.6) is 0 Å². The van der Waals surface area contributed by atoms with E-state index in [1.165, 1.54) is 18.2 Å². The lowest BCUT2D eigenvalue weighted by Gasteiger charge is -2.23. The van der Waals surface area contributed by atoms with Crippen LogP contribution in [0, 0.1) is 18.6 Å². The molecular formula is C24H23F2NO4S. The number of nitrogens with zero attached hydrogens (tertiary/aromatic N) is 1. The maximum absolute atomic E-state index is 14.5. The number of sulfonamides is 1. The van der Waals surface area contributed by atoms with E-state index in [0.717, 1.165) is 22.0 Å². The molecule has 8 heteroatoms. The van der Waals surface area contributed by atoms with Crippen LogP contribution in [0.25, 0.3) is 11.1 Å². The third-order valence-corrected chi connectivity index (χ3v) is 6.66. The van der Waals surface area contributed by atoms with Gasteiger partial charge in [-0.2, -0.15) is 4.31 Å². The van der Waals surface area contributed by atoms with E-state index in [1.807, 2.05) is 6.92 Å². The second-order valence-electron chi connectivity index (χ2n) is 7.17. The van der Waals surface area contributed by atoms with Crippen molar-refractivity contribution in [3.8, 4) is 11.1 Å². The van der Waals surface area contributed by atoms with Crippen molar-refractivity contribution in [1.29, 1.82) is 0 Å². The van der Waals surface area contributed by atoms with Gasteiger partial charge in [-0.05, 0) is 49.2 Å². The Kier molecular flexibility index (Phi) is 7.37. The number of carbonyl (C=O) groups is 1. The van der Waals surface area contributed by atoms with Crippen molar-refractivity contribution in [1.82, 2.24) is 4.31 Å². The Morgan fingerprint density at radius 2 is 1.66 bits per heavy atom. The monoisotopic (exact) mass is 459 g/mol. The van der Waals surface area contributed by atoms with Gasteiger partial charge in [0.2, 0.25) is 10.0 Å². The van der Waals surface area contributed by atoms with Gasteiger partial charge in [0.15, 0.2) is 0 Å². The predicted octanol–water partition coefficient (Wildman–Crippen LogP) is 4.69. The molecule has 0 aromatic heterocycles. The van der Waals surface area contributed by atoms with Crippen molar-refractivity contribution in [3.63, 3.8) is 0 Å². The summed E-state index contributed by atoms with van der Waals surface area (Å²) in [6, 6.07) is 16.1. The average Bonchev–Trinajstić information content (AvgIpc) is 2.74. The number of rotatable bonds is 8. The molecule has 0 aliphatic heterocycles. The van der Waals surface area contributed by atoms with E-state index in [0.29, 0.717) is 11.1 Å². The Balaban J connectivity index is 2.04. The Morgan fingerprint density at radius 1 is 0.969 bits per heavy atom. The fourth-order valence-electron chi connectivity index (χ4n) is 3.25. The molecule has 0 aliphatic rings. The first kappa shape index (κ1) is 23.6. The second kappa shape index (κ2) is 10.0. The van der Waals surface area contributed by atoms with Crippen LogP contribution in [0.3, 0.4) is 0 Å². The van der Waals surface area contributed by atoms with E-state index >= 15 is 0 Å². The maximum atomic E-state index is 14.5. The smallest absolute Gasteiger partial charge is 0.321 e.